The Morgan fingerprint density at radius 1 is 1.39 bits per heavy atom. The van der Waals surface area contributed by atoms with Crippen LogP contribution < -0.4 is 5.32 Å². The molecule has 0 saturated carbocycles. The molecule has 1 fully saturated rings. The van der Waals surface area contributed by atoms with Gasteiger partial charge in [0.05, 0.1) is 10.0 Å². The molecule has 4 heteroatoms. The van der Waals surface area contributed by atoms with Gasteiger partial charge in [-0.25, -0.2) is 0 Å². The normalized spacial score (nSPS) is 21.2. The summed E-state index contributed by atoms with van der Waals surface area (Å²) in [6.45, 7) is 4.30. The van der Waals surface area contributed by atoms with E-state index in [0.717, 1.165) is 37.7 Å². The fourth-order valence-electron chi connectivity index (χ4n) is 2.66. The second-order valence-corrected chi connectivity index (χ2v) is 5.80. The van der Waals surface area contributed by atoms with Crippen molar-refractivity contribution in [3.8, 4) is 0 Å². The van der Waals surface area contributed by atoms with Crippen LogP contribution in [0.3, 0.4) is 0 Å². The number of hydrogen-bond donors (Lipinski definition) is 1. The number of piperidine rings is 1. The van der Waals surface area contributed by atoms with E-state index < -0.39 is 0 Å². The first kappa shape index (κ1) is 14.1. The Morgan fingerprint density at radius 3 is 3.00 bits per heavy atom. The Hall–Kier alpha value is -0.280. The zero-order chi connectivity index (χ0) is 13.0. The minimum absolute atomic E-state index is 0.651. The molecule has 2 nitrogen and oxygen atoms in total. The van der Waals surface area contributed by atoms with Gasteiger partial charge in [-0.1, -0.05) is 35.3 Å². The molecule has 1 heterocycles. The van der Waals surface area contributed by atoms with Crippen molar-refractivity contribution >= 4 is 23.2 Å². The number of halogens is 2. The zero-order valence-corrected chi connectivity index (χ0v) is 12.3. The van der Waals surface area contributed by atoms with Crippen LogP contribution >= 0.6 is 23.2 Å². The fourth-order valence-corrected chi connectivity index (χ4v) is 3.04. The number of nitrogens with one attached hydrogen (secondary N) is 1. The predicted octanol–water partition coefficient (Wildman–Crippen LogP) is 3.42. The van der Waals surface area contributed by atoms with Gasteiger partial charge in [0.1, 0.15) is 0 Å². The second-order valence-electron chi connectivity index (χ2n) is 5.01. The first-order chi connectivity index (χ1) is 8.70. The molecule has 2 rings (SSSR count). The van der Waals surface area contributed by atoms with E-state index in [0.29, 0.717) is 10.0 Å². The molecule has 0 aromatic heterocycles. The number of rotatable bonds is 4. The molecular weight excluding hydrogens is 267 g/mol. The average Bonchev–Trinajstić information content (AvgIpc) is 2.36. The maximum Gasteiger partial charge on any atom is 0.0637 e. The first-order valence-electron chi connectivity index (χ1n) is 6.50. The number of benzene rings is 1. The van der Waals surface area contributed by atoms with Gasteiger partial charge in [-0.3, -0.25) is 4.90 Å². The van der Waals surface area contributed by atoms with Crippen LogP contribution in [0.25, 0.3) is 0 Å². The van der Waals surface area contributed by atoms with E-state index in [4.69, 9.17) is 23.2 Å². The summed E-state index contributed by atoms with van der Waals surface area (Å²) in [4.78, 5) is 2.48. The molecule has 0 amide bonds. The van der Waals surface area contributed by atoms with Crippen molar-refractivity contribution in [1.82, 2.24) is 10.2 Å². The SMILES string of the molecule is CNCC1CCCN(Cc2cccc(Cl)c2Cl)C1. The van der Waals surface area contributed by atoms with Gasteiger partial charge in [0.25, 0.3) is 0 Å². The van der Waals surface area contributed by atoms with Crippen molar-refractivity contribution < 1.29 is 0 Å². The molecule has 100 valence electrons. The molecule has 1 aromatic rings. The average molecular weight is 287 g/mol. The zero-order valence-electron chi connectivity index (χ0n) is 10.8. The molecule has 1 aliphatic rings. The Kier molecular flexibility index (Phi) is 5.31. The Balaban J connectivity index is 1.98. The number of likely N-dealkylation sites (tertiary alicyclic amines) is 1. The summed E-state index contributed by atoms with van der Waals surface area (Å²) in [5.41, 5.74) is 1.13. The third kappa shape index (κ3) is 3.61. The van der Waals surface area contributed by atoms with E-state index in [-0.39, 0.29) is 0 Å². The summed E-state index contributed by atoms with van der Waals surface area (Å²) in [5, 5.41) is 4.62. The minimum Gasteiger partial charge on any atom is -0.319 e. The van der Waals surface area contributed by atoms with Crippen LogP contribution in [0.1, 0.15) is 18.4 Å². The van der Waals surface area contributed by atoms with Crippen molar-refractivity contribution in [2.24, 2.45) is 5.92 Å². The topological polar surface area (TPSA) is 15.3 Å². The van der Waals surface area contributed by atoms with Crippen molar-refractivity contribution in [1.29, 1.82) is 0 Å². The van der Waals surface area contributed by atoms with Crippen molar-refractivity contribution in [3.05, 3.63) is 33.8 Å². The lowest BCUT2D eigenvalue weighted by Gasteiger charge is -2.32. The van der Waals surface area contributed by atoms with Gasteiger partial charge in [-0.05, 0) is 50.5 Å². The Morgan fingerprint density at radius 2 is 2.22 bits per heavy atom. The lowest BCUT2D eigenvalue weighted by atomic mass is 9.97. The number of hydrogen-bond acceptors (Lipinski definition) is 2. The van der Waals surface area contributed by atoms with Crippen LogP contribution in [0.2, 0.25) is 10.0 Å². The van der Waals surface area contributed by atoms with Crippen molar-refractivity contribution in [2.45, 2.75) is 19.4 Å². The van der Waals surface area contributed by atoms with Gasteiger partial charge in [0.2, 0.25) is 0 Å². The Bertz CT molecular complexity index is 393. The minimum atomic E-state index is 0.651. The van der Waals surface area contributed by atoms with Crippen LogP contribution in [0.4, 0.5) is 0 Å². The van der Waals surface area contributed by atoms with E-state index in [1.165, 1.54) is 12.8 Å². The summed E-state index contributed by atoms with van der Waals surface area (Å²) >= 11 is 12.3. The lowest BCUT2D eigenvalue weighted by Crippen LogP contribution is -2.38. The third-order valence-electron chi connectivity index (χ3n) is 3.52. The van der Waals surface area contributed by atoms with Gasteiger partial charge in [0.15, 0.2) is 0 Å². The lowest BCUT2D eigenvalue weighted by molar-refractivity contribution is 0.167. The summed E-state index contributed by atoms with van der Waals surface area (Å²) in [6.07, 6.45) is 2.59. The molecule has 1 aromatic carbocycles. The highest BCUT2D eigenvalue weighted by Crippen LogP contribution is 2.27. The fraction of sp³-hybridized carbons (Fsp3) is 0.571. The van der Waals surface area contributed by atoms with Crippen molar-refractivity contribution in [3.63, 3.8) is 0 Å². The first-order valence-corrected chi connectivity index (χ1v) is 7.26. The number of nitrogens with zero attached hydrogens (tertiary/aromatic N) is 1. The van der Waals surface area contributed by atoms with Gasteiger partial charge < -0.3 is 5.32 Å². The van der Waals surface area contributed by atoms with E-state index in [1.54, 1.807) is 0 Å². The molecule has 18 heavy (non-hydrogen) atoms. The maximum absolute atomic E-state index is 6.24. The van der Waals surface area contributed by atoms with E-state index in [1.807, 2.05) is 19.2 Å². The second kappa shape index (κ2) is 6.76. The van der Waals surface area contributed by atoms with Crippen LogP contribution in [0, 0.1) is 5.92 Å². The highest BCUT2D eigenvalue weighted by molar-refractivity contribution is 6.42. The van der Waals surface area contributed by atoms with E-state index in [9.17, 15) is 0 Å². The van der Waals surface area contributed by atoms with Crippen LogP contribution in [0.5, 0.6) is 0 Å². The molecule has 0 bridgehead atoms. The molecule has 1 saturated heterocycles. The molecule has 1 aliphatic heterocycles. The quantitative estimate of drug-likeness (QED) is 0.912. The molecule has 0 radical (unpaired) electrons. The molecule has 0 aliphatic carbocycles. The third-order valence-corrected chi connectivity index (χ3v) is 4.38. The molecule has 0 spiro atoms. The van der Waals surface area contributed by atoms with Gasteiger partial charge in [-0.2, -0.15) is 0 Å². The van der Waals surface area contributed by atoms with Gasteiger partial charge >= 0.3 is 0 Å². The largest absolute Gasteiger partial charge is 0.319 e. The molecule has 1 unspecified atom stereocenters. The van der Waals surface area contributed by atoms with Gasteiger partial charge in [0, 0.05) is 13.1 Å². The molecular formula is C14H20Cl2N2. The van der Waals surface area contributed by atoms with Crippen LogP contribution in [-0.4, -0.2) is 31.6 Å². The van der Waals surface area contributed by atoms with Crippen LogP contribution in [-0.2, 0) is 6.54 Å². The van der Waals surface area contributed by atoms with Gasteiger partial charge in [-0.15, -0.1) is 0 Å². The monoisotopic (exact) mass is 286 g/mol. The van der Waals surface area contributed by atoms with Crippen molar-refractivity contribution in [2.75, 3.05) is 26.7 Å². The summed E-state index contributed by atoms with van der Waals surface area (Å²) < 4.78 is 0. The summed E-state index contributed by atoms with van der Waals surface area (Å²) in [5.74, 6) is 0.752. The summed E-state index contributed by atoms with van der Waals surface area (Å²) in [7, 11) is 2.02. The van der Waals surface area contributed by atoms with E-state index in [2.05, 4.69) is 16.3 Å². The smallest absolute Gasteiger partial charge is 0.0637 e. The highest BCUT2D eigenvalue weighted by Gasteiger charge is 2.20. The predicted molar refractivity (Wildman–Crippen MR) is 78.4 cm³/mol. The van der Waals surface area contributed by atoms with Crippen LogP contribution in [0.15, 0.2) is 18.2 Å². The standard InChI is InChI=1S/C14H20Cl2N2/c1-17-8-11-4-3-7-18(9-11)10-12-5-2-6-13(15)14(12)16/h2,5-6,11,17H,3-4,7-10H2,1H3. The van der Waals surface area contributed by atoms with E-state index >= 15 is 0 Å². The summed E-state index contributed by atoms with van der Waals surface area (Å²) in [6, 6.07) is 5.88. The molecule has 1 N–H and O–H groups in total. The molecule has 1 atom stereocenters. The maximum atomic E-state index is 6.24. The Labute approximate surface area is 119 Å². The highest BCUT2D eigenvalue weighted by atomic mass is 35.5.